The Bertz CT molecular complexity index is 387. The highest BCUT2D eigenvalue weighted by Gasteiger charge is 2.19. The summed E-state index contributed by atoms with van der Waals surface area (Å²) >= 11 is 0. The first-order valence-corrected chi connectivity index (χ1v) is 9.06. The van der Waals surface area contributed by atoms with Gasteiger partial charge in [-0.25, -0.2) is 0 Å². The summed E-state index contributed by atoms with van der Waals surface area (Å²) < 4.78 is 0. The van der Waals surface area contributed by atoms with Crippen molar-refractivity contribution in [1.82, 2.24) is 0 Å². The molecular formula is C20H33N. The van der Waals surface area contributed by atoms with Crippen LogP contribution in [0.2, 0.25) is 0 Å². The lowest BCUT2D eigenvalue weighted by Crippen LogP contribution is -2.33. The maximum absolute atomic E-state index is 2.58. The number of piperidine rings is 1. The molecule has 1 heterocycles. The Morgan fingerprint density at radius 2 is 1.76 bits per heavy atom. The maximum atomic E-state index is 2.58. The second kappa shape index (κ2) is 8.46. The Labute approximate surface area is 131 Å². The van der Waals surface area contributed by atoms with Gasteiger partial charge in [-0.05, 0) is 48.8 Å². The zero-order valence-electron chi connectivity index (χ0n) is 14.3. The molecule has 2 rings (SSSR count). The van der Waals surface area contributed by atoms with E-state index in [0.29, 0.717) is 0 Å². The summed E-state index contributed by atoms with van der Waals surface area (Å²) in [6.45, 7) is 9.46. The van der Waals surface area contributed by atoms with E-state index in [1.165, 1.54) is 69.3 Å². The molecule has 1 heteroatoms. The van der Waals surface area contributed by atoms with Crippen molar-refractivity contribution in [2.45, 2.75) is 65.7 Å². The molecule has 0 N–H and O–H groups in total. The summed E-state index contributed by atoms with van der Waals surface area (Å²) in [6.07, 6.45) is 9.41. The number of anilines is 1. The third-order valence-electron chi connectivity index (χ3n) is 5.22. The van der Waals surface area contributed by atoms with Gasteiger partial charge in [0.25, 0.3) is 0 Å². The van der Waals surface area contributed by atoms with E-state index < -0.39 is 0 Å². The summed E-state index contributed by atoms with van der Waals surface area (Å²) in [5.41, 5.74) is 2.90. The second-order valence-corrected chi connectivity index (χ2v) is 6.94. The summed E-state index contributed by atoms with van der Waals surface area (Å²) in [5, 5.41) is 0. The smallest absolute Gasteiger partial charge is 0.0366 e. The zero-order chi connectivity index (χ0) is 15.1. The predicted molar refractivity (Wildman–Crippen MR) is 94.1 cm³/mol. The lowest BCUT2D eigenvalue weighted by atomic mass is 9.88. The molecule has 1 aliphatic rings. The molecule has 0 aromatic heterocycles. The van der Waals surface area contributed by atoms with Crippen molar-refractivity contribution < 1.29 is 0 Å². The zero-order valence-corrected chi connectivity index (χ0v) is 14.3. The summed E-state index contributed by atoms with van der Waals surface area (Å²) in [4.78, 5) is 2.58. The van der Waals surface area contributed by atoms with Gasteiger partial charge in [0.15, 0.2) is 0 Å². The highest BCUT2D eigenvalue weighted by molar-refractivity contribution is 5.48. The van der Waals surface area contributed by atoms with Crippen LogP contribution < -0.4 is 4.90 Å². The molecule has 1 atom stereocenters. The maximum Gasteiger partial charge on any atom is 0.0366 e. The van der Waals surface area contributed by atoms with Gasteiger partial charge in [-0.3, -0.25) is 0 Å². The Kier molecular flexibility index (Phi) is 6.60. The molecule has 1 aliphatic heterocycles. The summed E-state index contributed by atoms with van der Waals surface area (Å²) in [5.74, 6) is 1.88. The van der Waals surface area contributed by atoms with Crippen LogP contribution >= 0.6 is 0 Å². The van der Waals surface area contributed by atoms with Gasteiger partial charge in [0.05, 0.1) is 0 Å². The molecule has 1 aromatic carbocycles. The topological polar surface area (TPSA) is 3.24 Å². The van der Waals surface area contributed by atoms with Gasteiger partial charge in [-0.15, -0.1) is 0 Å². The normalized spacial score (nSPS) is 18.0. The molecule has 21 heavy (non-hydrogen) atoms. The van der Waals surface area contributed by atoms with Crippen LogP contribution in [0.15, 0.2) is 24.3 Å². The Hall–Kier alpha value is -0.980. The SMILES string of the molecule is CCCc1ccc(N2CCC(CCC(C)CC)CC2)cc1. The lowest BCUT2D eigenvalue weighted by molar-refractivity contribution is 0.342. The molecule has 1 saturated heterocycles. The highest BCUT2D eigenvalue weighted by Crippen LogP contribution is 2.28. The van der Waals surface area contributed by atoms with Gasteiger partial charge in [0.1, 0.15) is 0 Å². The van der Waals surface area contributed by atoms with E-state index in [2.05, 4.69) is 49.9 Å². The van der Waals surface area contributed by atoms with Gasteiger partial charge in [0, 0.05) is 18.8 Å². The molecular weight excluding hydrogens is 254 g/mol. The van der Waals surface area contributed by atoms with Gasteiger partial charge < -0.3 is 4.90 Å². The number of benzene rings is 1. The van der Waals surface area contributed by atoms with Crippen LogP contribution in [-0.4, -0.2) is 13.1 Å². The van der Waals surface area contributed by atoms with Gasteiger partial charge in [0.2, 0.25) is 0 Å². The fourth-order valence-corrected chi connectivity index (χ4v) is 3.37. The van der Waals surface area contributed by atoms with Crippen molar-refractivity contribution in [2.24, 2.45) is 11.8 Å². The first-order chi connectivity index (χ1) is 10.2. The van der Waals surface area contributed by atoms with Crippen molar-refractivity contribution in [3.8, 4) is 0 Å². The van der Waals surface area contributed by atoms with Crippen LogP contribution in [0.25, 0.3) is 0 Å². The van der Waals surface area contributed by atoms with Crippen LogP contribution in [-0.2, 0) is 6.42 Å². The largest absolute Gasteiger partial charge is 0.372 e. The highest BCUT2D eigenvalue weighted by atomic mass is 15.1. The molecule has 0 radical (unpaired) electrons. The first-order valence-electron chi connectivity index (χ1n) is 9.06. The first kappa shape index (κ1) is 16.4. The van der Waals surface area contributed by atoms with E-state index in [0.717, 1.165) is 11.8 Å². The van der Waals surface area contributed by atoms with Crippen molar-refractivity contribution in [1.29, 1.82) is 0 Å². The van der Waals surface area contributed by atoms with Crippen LogP contribution in [0.1, 0.15) is 64.9 Å². The van der Waals surface area contributed by atoms with Crippen LogP contribution in [0, 0.1) is 11.8 Å². The number of hydrogen-bond acceptors (Lipinski definition) is 1. The van der Waals surface area contributed by atoms with Gasteiger partial charge >= 0.3 is 0 Å². The van der Waals surface area contributed by atoms with E-state index in [1.807, 2.05) is 0 Å². The fourth-order valence-electron chi connectivity index (χ4n) is 3.37. The molecule has 1 fully saturated rings. The van der Waals surface area contributed by atoms with Crippen molar-refractivity contribution in [3.63, 3.8) is 0 Å². The average molecular weight is 287 g/mol. The quantitative estimate of drug-likeness (QED) is 0.623. The molecule has 0 spiro atoms. The third kappa shape index (κ3) is 5.05. The molecule has 1 aromatic rings. The molecule has 0 saturated carbocycles. The summed E-state index contributed by atoms with van der Waals surface area (Å²) in [7, 11) is 0. The van der Waals surface area contributed by atoms with Crippen LogP contribution in [0.5, 0.6) is 0 Å². The summed E-state index contributed by atoms with van der Waals surface area (Å²) in [6, 6.07) is 9.27. The van der Waals surface area contributed by atoms with E-state index >= 15 is 0 Å². The van der Waals surface area contributed by atoms with Crippen molar-refractivity contribution >= 4 is 5.69 Å². The van der Waals surface area contributed by atoms with Crippen LogP contribution in [0.3, 0.4) is 0 Å². The minimum Gasteiger partial charge on any atom is -0.372 e. The molecule has 118 valence electrons. The predicted octanol–water partition coefficient (Wildman–Crippen LogP) is 5.68. The van der Waals surface area contributed by atoms with Crippen LogP contribution in [0.4, 0.5) is 5.69 Å². The number of aryl methyl sites for hydroxylation is 1. The van der Waals surface area contributed by atoms with E-state index in [4.69, 9.17) is 0 Å². The number of rotatable bonds is 7. The van der Waals surface area contributed by atoms with E-state index in [-0.39, 0.29) is 0 Å². The third-order valence-corrected chi connectivity index (χ3v) is 5.22. The molecule has 0 amide bonds. The Morgan fingerprint density at radius 1 is 1.10 bits per heavy atom. The minimum atomic E-state index is 0.911. The molecule has 0 bridgehead atoms. The Balaban J connectivity index is 1.78. The number of hydrogen-bond donors (Lipinski definition) is 0. The van der Waals surface area contributed by atoms with Crippen molar-refractivity contribution in [2.75, 3.05) is 18.0 Å². The van der Waals surface area contributed by atoms with E-state index in [9.17, 15) is 0 Å². The van der Waals surface area contributed by atoms with E-state index in [1.54, 1.807) is 0 Å². The Morgan fingerprint density at radius 3 is 2.33 bits per heavy atom. The van der Waals surface area contributed by atoms with Gasteiger partial charge in [-0.2, -0.15) is 0 Å². The molecule has 0 aliphatic carbocycles. The number of nitrogens with zero attached hydrogens (tertiary/aromatic N) is 1. The van der Waals surface area contributed by atoms with Gasteiger partial charge in [-0.1, -0.05) is 58.6 Å². The average Bonchev–Trinajstić information content (AvgIpc) is 2.54. The minimum absolute atomic E-state index is 0.911. The standard InChI is InChI=1S/C20H33N/c1-4-6-18-9-11-20(12-10-18)21-15-13-19(14-16-21)8-7-17(3)5-2/h9-12,17,19H,4-8,13-16H2,1-3H3. The monoisotopic (exact) mass is 287 g/mol. The van der Waals surface area contributed by atoms with Crippen molar-refractivity contribution in [3.05, 3.63) is 29.8 Å². The lowest BCUT2D eigenvalue weighted by Gasteiger charge is -2.34. The fraction of sp³-hybridized carbons (Fsp3) is 0.700. The molecule has 1 nitrogen and oxygen atoms in total. The second-order valence-electron chi connectivity index (χ2n) is 6.94. The molecule has 1 unspecified atom stereocenters.